The minimum atomic E-state index is -3.77. The molecule has 1 fully saturated rings. The van der Waals surface area contributed by atoms with Gasteiger partial charge in [-0.1, -0.05) is 0 Å². The first-order chi connectivity index (χ1) is 11.3. The van der Waals surface area contributed by atoms with E-state index in [2.05, 4.69) is 10.6 Å². The van der Waals surface area contributed by atoms with E-state index in [9.17, 15) is 23.1 Å². The molecule has 1 aliphatic rings. The highest BCUT2D eigenvalue weighted by atomic mass is 32.2. The van der Waals surface area contributed by atoms with E-state index >= 15 is 0 Å². The number of aliphatic carboxylic acids is 1. The number of carbonyl (C=O) groups excluding carboxylic acids is 2. The predicted octanol–water partition coefficient (Wildman–Crippen LogP) is -2.62. The molecule has 0 aromatic heterocycles. The summed E-state index contributed by atoms with van der Waals surface area (Å²) >= 11 is 0. The maximum atomic E-state index is 11.3. The number of carboxylic acids is 1. The summed E-state index contributed by atoms with van der Waals surface area (Å²) < 4.78 is 27.0. The number of amides is 1. The number of carbonyl (C=O) groups is 2. The third-order valence-electron chi connectivity index (χ3n) is 2.96. The molecule has 0 aliphatic carbocycles. The van der Waals surface area contributed by atoms with Crippen molar-refractivity contribution in [3.63, 3.8) is 0 Å². The van der Waals surface area contributed by atoms with Crippen LogP contribution in [-0.2, 0) is 24.3 Å². The van der Waals surface area contributed by atoms with Crippen LogP contribution in [0.25, 0.3) is 0 Å². The third kappa shape index (κ3) is 8.58. The van der Waals surface area contributed by atoms with Gasteiger partial charge in [-0.05, 0) is 30.7 Å². The molecule has 0 atom stereocenters. The van der Waals surface area contributed by atoms with E-state index in [1.807, 2.05) is 0 Å². The van der Waals surface area contributed by atoms with Crippen LogP contribution in [-0.4, -0.2) is 46.6 Å². The maximum Gasteiger partial charge on any atom is 0.238 e. The molecule has 1 heterocycles. The summed E-state index contributed by atoms with van der Waals surface area (Å²) in [6.07, 6.45) is -0.583. The monoisotopic (exact) mass is 359 g/mol. The number of sulfonamides is 1. The number of rotatable bonds is 5. The van der Waals surface area contributed by atoms with E-state index in [1.54, 1.807) is 0 Å². The fourth-order valence-corrected chi connectivity index (χ4v) is 2.26. The van der Waals surface area contributed by atoms with Gasteiger partial charge in [-0.2, -0.15) is 0 Å². The number of nitrogens with two attached hydrogens (primary N) is 2. The summed E-state index contributed by atoms with van der Waals surface area (Å²) in [7, 11) is -3.77. The lowest BCUT2D eigenvalue weighted by Gasteiger charge is -2.07. The second-order valence-corrected chi connectivity index (χ2v) is 6.53. The molecule has 1 aliphatic heterocycles. The van der Waals surface area contributed by atoms with E-state index in [4.69, 9.17) is 9.88 Å². The smallest absolute Gasteiger partial charge is 0.238 e. The second-order valence-electron chi connectivity index (χ2n) is 4.97. The topological polar surface area (TPSA) is 155 Å². The van der Waals surface area contributed by atoms with Gasteiger partial charge in [0.1, 0.15) is 0 Å². The zero-order valence-electron chi connectivity index (χ0n) is 13.1. The minimum Gasteiger partial charge on any atom is -0.550 e. The molecule has 0 saturated carbocycles. The summed E-state index contributed by atoms with van der Waals surface area (Å²) in [5.41, 5.74) is 0.353. The first-order valence-corrected chi connectivity index (χ1v) is 8.85. The van der Waals surface area contributed by atoms with Crippen molar-refractivity contribution >= 4 is 27.6 Å². The normalized spacial score (nSPS) is 14.2. The lowest BCUT2D eigenvalue weighted by molar-refractivity contribution is -0.670. The van der Waals surface area contributed by atoms with Crippen molar-refractivity contribution < 1.29 is 33.2 Å². The van der Waals surface area contributed by atoms with Gasteiger partial charge in [-0.3, -0.25) is 4.79 Å². The standard InChI is InChI=1S/C10H12N2O5S.C4H9NO/c11-18(16,17)8-3-1-7(2-4-8)12-9(13)5-6-10(14)15;1-3-6-4-2-5-1/h1-4H,5-6H2,(H,12,13)(H,14,15)(H2,11,16,17);5H,1-4H2. The van der Waals surface area contributed by atoms with E-state index in [0.29, 0.717) is 5.69 Å². The predicted molar refractivity (Wildman–Crippen MR) is 83.2 cm³/mol. The number of hydrogen-bond acceptors (Lipinski definition) is 6. The maximum absolute atomic E-state index is 11.3. The van der Waals surface area contributed by atoms with Crippen LogP contribution in [0.3, 0.4) is 0 Å². The molecular formula is C14H21N3O6S. The summed E-state index contributed by atoms with van der Waals surface area (Å²) in [5.74, 6) is -1.81. The van der Waals surface area contributed by atoms with Crippen molar-refractivity contribution in [1.29, 1.82) is 0 Å². The molecule has 24 heavy (non-hydrogen) atoms. The van der Waals surface area contributed by atoms with Crippen LogP contribution in [0.4, 0.5) is 5.69 Å². The molecule has 0 bridgehead atoms. The van der Waals surface area contributed by atoms with Gasteiger partial charge in [0.05, 0.1) is 31.2 Å². The van der Waals surface area contributed by atoms with E-state index < -0.39 is 21.9 Å². The summed E-state index contributed by atoms with van der Waals surface area (Å²) in [6.45, 7) is 4.19. The molecule has 1 aromatic rings. The highest BCUT2D eigenvalue weighted by Gasteiger charge is 2.08. The molecule has 1 amide bonds. The van der Waals surface area contributed by atoms with Crippen molar-refractivity contribution in [3.8, 4) is 0 Å². The third-order valence-corrected chi connectivity index (χ3v) is 3.88. The van der Waals surface area contributed by atoms with E-state index in [0.717, 1.165) is 26.3 Å². The number of hydrogen-bond donors (Lipinski definition) is 3. The molecule has 0 spiro atoms. The van der Waals surface area contributed by atoms with Crippen LogP contribution >= 0.6 is 0 Å². The van der Waals surface area contributed by atoms with Gasteiger partial charge in [-0.25, -0.2) is 13.6 Å². The molecule has 1 aromatic carbocycles. The molecule has 5 N–H and O–H groups in total. The van der Waals surface area contributed by atoms with Crippen molar-refractivity contribution in [2.75, 3.05) is 31.6 Å². The van der Waals surface area contributed by atoms with Crippen LogP contribution in [0.2, 0.25) is 0 Å². The average Bonchev–Trinajstić information content (AvgIpc) is 2.55. The summed E-state index contributed by atoms with van der Waals surface area (Å²) in [6, 6.07) is 5.20. The molecule has 9 nitrogen and oxygen atoms in total. The van der Waals surface area contributed by atoms with Gasteiger partial charge in [0, 0.05) is 18.1 Å². The second kappa shape index (κ2) is 9.98. The molecular weight excluding hydrogens is 338 g/mol. The van der Waals surface area contributed by atoms with Crippen LogP contribution in [0.1, 0.15) is 12.8 Å². The number of ether oxygens (including phenoxy) is 1. The summed E-state index contributed by atoms with van der Waals surface area (Å²) in [4.78, 5) is 21.3. The van der Waals surface area contributed by atoms with Gasteiger partial charge in [0.25, 0.3) is 0 Å². The Bertz CT molecular complexity index is 629. The van der Waals surface area contributed by atoms with E-state index in [-0.39, 0.29) is 17.7 Å². The fourth-order valence-electron chi connectivity index (χ4n) is 1.75. The highest BCUT2D eigenvalue weighted by Crippen LogP contribution is 2.12. The molecule has 0 radical (unpaired) electrons. The van der Waals surface area contributed by atoms with Gasteiger partial charge >= 0.3 is 0 Å². The van der Waals surface area contributed by atoms with Crippen molar-refractivity contribution in [2.45, 2.75) is 17.7 Å². The largest absolute Gasteiger partial charge is 0.550 e. The number of carboxylic acid groups (broad SMARTS) is 1. The number of anilines is 1. The number of morpholine rings is 1. The molecule has 134 valence electrons. The first kappa shape index (κ1) is 20.0. The van der Waals surface area contributed by atoms with Crippen LogP contribution < -0.4 is 20.9 Å². The number of nitrogens with one attached hydrogen (secondary N) is 1. The van der Waals surface area contributed by atoms with Crippen LogP contribution in [0.5, 0.6) is 0 Å². The van der Waals surface area contributed by atoms with Crippen molar-refractivity contribution in [1.82, 2.24) is 0 Å². The number of benzene rings is 1. The van der Waals surface area contributed by atoms with Crippen molar-refractivity contribution in [3.05, 3.63) is 24.3 Å². The fraction of sp³-hybridized carbons (Fsp3) is 0.429. The quantitative estimate of drug-likeness (QED) is 0.523. The molecule has 0 unspecified atom stereocenters. The Morgan fingerprint density at radius 1 is 1.17 bits per heavy atom. The Morgan fingerprint density at radius 2 is 1.75 bits per heavy atom. The SMILES string of the molecule is C1COCC[NH2+]1.NS(=O)(=O)c1ccc(NC(=O)CCC(=O)[O-])cc1. The average molecular weight is 359 g/mol. The van der Waals surface area contributed by atoms with Gasteiger partial charge < -0.3 is 25.3 Å². The molecule has 10 heteroatoms. The zero-order valence-corrected chi connectivity index (χ0v) is 13.9. The van der Waals surface area contributed by atoms with Crippen molar-refractivity contribution in [2.24, 2.45) is 5.14 Å². The zero-order chi connectivity index (χ0) is 18.0. The van der Waals surface area contributed by atoms with E-state index in [1.165, 1.54) is 24.3 Å². The molecule has 1 saturated heterocycles. The van der Waals surface area contributed by atoms with Crippen LogP contribution in [0.15, 0.2) is 29.2 Å². The highest BCUT2D eigenvalue weighted by molar-refractivity contribution is 7.89. The lowest BCUT2D eigenvalue weighted by atomic mass is 10.2. The Hall–Kier alpha value is -2.01. The van der Waals surface area contributed by atoms with Gasteiger partial charge in [0.15, 0.2) is 0 Å². The summed E-state index contributed by atoms with van der Waals surface area (Å²) in [5, 5.41) is 19.7. The lowest BCUT2D eigenvalue weighted by Crippen LogP contribution is -2.87. The van der Waals surface area contributed by atoms with Crippen LogP contribution in [0, 0.1) is 0 Å². The number of quaternary nitrogens is 1. The molecule has 2 rings (SSSR count). The Kier molecular flexibility index (Phi) is 8.33. The Balaban J connectivity index is 0.000000400. The van der Waals surface area contributed by atoms with Gasteiger partial charge in [-0.15, -0.1) is 0 Å². The Morgan fingerprint density at radius 3 is 2.12 bits per heavy atom. The number of primary sulfonamides is 1. The van der Waals surface area contributed by atoms with Gasteiger partial charge in [0.2, 0.25) is 15.9 Å². The first-order valence-electron chi connectivity index (χ1n) is 7.31. The Labute approximate surface area is 140 Å². The minimum absolute atomic E-state index is 0.0739.